The molecule has 76 valence electrons. The van der Waals surface area contributed by atoms with Crippen LogP contribution in [0, 0.1) is 0 Å². The minimum Gasteiger partial charge on any atom is -0.477 e. The zero-order valence-electron chi connectivity index (χ0n) is 7.51. The lowest BCUT2D eigenvalue weighted by molar-refractivity contribution is 0.0691. The summed E-state index contributed by atoms with van der Waals surface area (Å²) < 4.78 is 0. The molecular formula is C8H7BN2O4. The molecule has 2 aromatic heterocycles. The van der Waals surface area contributed by atoms with Crippen LogP contribution in [0.1, 0.15) is 10.5 Å². The number of hydrogen-bond acceptors (Lipinski definition) is 4. The van der Waals surface area contributed by atoms with Crippen molar-refractivity contribution in [2.45, 2.75) is 0 Å². The summed E-state index contributed by atoms with van der Waals surface area (Å²) in [6.45, 7) is 0. The van der Waals surface area contributed by atoms with E-state index in [2.05, 4.69) is 9.97 Å². The topological polar surface area (TPSA) is 106 Å². The monoisotopic (exact) mass is 206 g/mol. The summed E-state index contributed by atoms with van der Waals surface area (Å²) in [6, 6.07) is 2.85. The number of carbonyl (C=O) groups is 1. The Hall–Kier alpha value is -1.86. The molecule has 0 bridgehead atoms. The smallest absolute Gasteiger partial charge is 0.477 e. The molecule has 6 nitrogen and oxygen atoms in total. The van der Waals surface area contributed by atoms with E-state index in [-0.39, 0.29) is 11.2 Å². The Bertz CT molecular complexity index is 522. The number of nitrogens with zero attached hydrogens (tertiary/aromatic N) is 1. The van der Waals surface area contributed by atoms with Crippen LogP contribution in [-0.2, 0) is 0 Å². The van der Waals surface area contributed by atoms with Gasteiger partial charge in [-0.25, -0.2) is 9.78 Å². The van der Waals surface area contributed by atoms with Crippen LogP contribution in [0.2, 0.25) is 0 Å². The number of carboxylic acid groups (broad SMARTS) is 1. The van der Waals surface area contributed by atoms with Gasteiger partial charge in [-0.3, -0.25) is 0 Å². The maximum atomic E-state index is 10.6. The molecule has 15 heavy (non-hydrogen) atoms. The molecule has 0 saturated carbocycles. The van der Waals surface area contributed by atoms with E-state index in [4.69, 9.17) is 15.2 Å². The van der Waals surface area contributed by atoms with Crippen molar-refractivity contribution in [1.82, 2.24) is 9.97 Å². The van der Waals surface area contributed by atoms with Gasteiger partial charge in [-0.2, -0.15) is 0 Å². The molecule has 0 amide bonds. The molecule has 0 radical (unpaired) electrons. The molecule has 2 rings (SSSR count). The maximum Gasteiger partial charge on any atom is 0.490 e. The molecule has 0 atom stereocenters. The fourth-order valence-electron chi connectivity index (χ4n) is 1.29. The Kier molecular flexibility index (Phi) is 2.18. The third-order valence-corrected chi connectivity index (χ3v) is 2.02. The molecule has 0 saturated heterocycles. The summed E-state index contributed by atoms with van der Waals surface area (Å²) in [7, 11) is -1.61. The van der Waals surface area contributed by atoms with E-state index in [1.54, 1.807) is 0 Å². The van der Waals surface area contributed by atoms with Crippen molar-refractivity contribution < 1.29 is 19.9 Å². The summed E-state index contributed by atoms with van der Waals surface area (Å²) in [5.74, 6) is -1.08. The average molecular weight is 206 g/mol. The Morgan fingerprint density at radius 1 is 1.40 bits per heavy atom. The second kappa shape index (κ2) is 3.37. The summed E-state index contributed by atoms with van der Waals surface area (Å²) in [6.07, 6.45) is 1.27. The number of fused-ring (bicyclic) bond motifs is 1. The molecule has 7 heteroatoms. The largest absolute Gasteiger partial charge is 0.490 e. The van der Waals surface area contributed by atoms with Crippen LogP contribution in [0.3, 0.4) is 0 Å². The number of aromatic nitrogens is 2. The zero-order chi connectivity index (χ0) is 11.0. The number of rotatable bonds is 2. The van der Waals surface area contributed by atoms with Crippen molar-refractivity contribution in [2.24, 2.45) is 0 Å². The summed E-state index contributed by atoms with van der Waals surface area (Å²) in [4.78, 5) is 17.1. The summed E-state index contributed by atoms with van der Waals surface area (Å²) in [5, 5.41) is 27.0. The van der Waals surface area contributed by atoms with Crippen LogP contribution in [0.15, 0.2) is 18.3 Å². The number of aromatic amines is 1. The summed E-state index contributed by atoms with van der Waals surface area (Å²) in [5.41, 5.74) is 0.636. The van der Waals surface area contributed by atoms with E-state index in [1.165, 1.54) is 18.3 Å². The third kappa shape index (κ3) is 1.70. The SMILES string of the molecule is O=C(O)c1cc2cc(B(O)O)cnc2[nH]1. The van der Waals surface area contributed by atoms with Gasteiger partial charge in [0.1, 0.15) is 11.3 Å². The lowest BCUT2D eigenvalue weighted by Gasteiger charge is -1.96. The van der Waals surface area contributed by atoms with Gasteiger partial charge in [0, 0.05) is 17.0 Å². The Morgan fingerprint density at radius 3 is 2.73 bits per heavy atom. The maximum absolute atomic E-state index is 10.6. The van der Waals surface area contributed by atoms with Crippen LogP contribution in [0.4, 0.5) is 0 Å². The molecule has 0 aliphatic heterocycles. The van der Waals surface area contributed by atoms with Gasteiger partial charge in [0.25, 0.3) is 0 Å². The molecule has 0 spiro atoms. The molecule has 0 fully saturated rings. The minimum absolute atomic E-state index is 0.0158. The van der Waals surface area contributed by atoms with Gasteiger partial charge in [0.05, 0.1) is 0 Å². The fraction of sp³-hybridized carbons (Fsp3) is 0. The molecule has 0 aliphatic rings. The van der Waals surface area contributed by atoms with Crippen molar-refractivity contribution in [1.29, 1.82) is 0 Å². The Balaban J connectivity index is 2.57. The highest BCUT2D eigenvalue weighted by molar-refractivity contribution is 6.58. The van der Waals surface area contributed by atoms with Crippen molar-refractivity contribution in [2.75, 3.05) is 0 Å². The first kappa shape index (κ1) is 9.69. The third-order valence-electron chi connectivity index (χ3n) is 2.02. The van der Waals surface area contributed by atoms with Crippen molar-refractivity contribution in [3.63, 3.8) is 0 Å². The van der Waals surface area contributed by atoms with E-state index in [0.29, 0.717) is 11.0 Å². The van der Waals surface area contributed by atoms with Crippen molar-refractivity contribution in [3.8, 4) is 0 Å². The Morgan fingerprint density at radius 2 is 2.13 bits per heavy atom. The number of H-pyrrole nitrogens is 1. The van der Waals surface area contributed by atoms with Crippen LogP contribution < -0.4 is 5.46 Å². The highest BCUT2D eigenvalue weighted by atomic mass is 16.4. The first-order valence-corrected chi connectivity index (χ1v) is 4.16. The van der Waals surface area contributed by atoms with Crippen LogP contribution >= 0.6 is 0 Å². The van der Waals surface area contributed by atoms with E-state index in [9.17, 15) is 4.79 Å². The molecular weight excluding hydrogens is 199 g/mol. The van der Waals surface area contributed by atoms with Gasteiger partial charge < -0.3 is 20.1 Å². The second-order valence-electron chi connectivity index (χ2n) is 3.07. The fourth-order valence-corrected chi connectivity index (χ4v) is 1.29. The van der Waals surface area contributed by atoms with Gasteiger partial charge in [-0.1, -0.05) is 0 Å². The molecule has 4 N–H and O–H groups in total. The molecule has 0 aliphatic carbocycles. The van der Waals surface area contributed by atoms with E-state index in [1.807, 2.05) is 0 Å². The average Bonchev–Trinajstić information content (AvgIpc) is 2.59. The van der Waals surface area contributed by atoms with Gasteiger partial charge in [-0.05, 0) is 12.1 Å². The van der Waals surface area contributed by atoms with Crippen LogP contribution in [0.25, 0.3) is 11.0 Å². The van der Waals surface area contributed by atoms with E-state index < -0.39 is 13.1 Å². The number of hydrogen-bond donors (Lipinski definition) is 4. The van der Waals surface area contributed by atoms with Crippen LogP contribution in [0.5, 0.6) is 0 Å². The van der Waals surface area contributed by atoms with Gasteiger partial charge in [0.15, 0.2) is 0 Å². The normalized spacial score (nSPS) is 10.5. The predicted molar refractivity (Wildman–Crippen MR) is 52.9 cm³/mol. The van der Waals surface area contributed by atoms with Crippen molar-refractivity contribution in [3.05, 3.63) is 24.0 Å². The lowest BCUT2D eigenvalue weighted by Crippen LogP contribution is -2.29. The van der Waals surface area contributed by atoms with E-state index in [0.717, 1.165) is 0 Å². The van der Waals surface area contributed by atoms with Gasteiger partial charge >= 0.3 is 13.1 Å². The molecule has 2 heterocycles. The first-order chi connectivity index (χ1) is 7.08. The highest BCUT2D eigenvalue weighted by Gasteiger charge is 2.14. The number of pyridine rings is 1. The molecule has 0 aromatic carbocycles. The molecule has 0 unspecified atom stereocenters. The van der Waals surface area contributed by atoms with Crippen molar-refractivity contribution >= 4 is 29.6 Å². The van der Waals surface area contributed by atoms with Gasteiger partial charge in [-0.15, -0.1) is 0 Å². The quantitative estimate of drug-likeness (QED) is 0.468. The zero-order valence-corrected chi connectivity index (χ0v) is 7.51. The van der Waals surface area contributed by atoms with Crippen LogP contribution in [-0.4, -0.2) is 38.2 Å². The predicted octanol–water partition coefficient (Wildman–Crippen LogP) is -1.06. The lowest BCUT2D eigenvalue weighted by atomic mass is 9.81. The minimum atomic E-state index is -1.61. The number of carboxylic acids is 1. The molecule has 2 aromatic rings. The Labute approximate surface area is 84.3 Å². The first-order valence-electron chi connectivity index (χ1n) is 4.16. The standard InChI is InChI=1S/C8H7BN2O4/c12-8(13)6-2-4-1-5(9(14)15)3-10-7(4)11-6/h1-3,14-15H,(H,10,11)(H,12,13). The van der Waals surface area contributed by atoms with E-state index >= 15 is 0 Å². The highest BCUT2D eigenvalue weighted by Crippen LogP contribution is 2.11. The summed E-state index contributed by atoms with van der Waals surface area (Å²) >= 11 is 0. The second-order valence-corrected chi connectivity index (χ2v) is 3.07. The van der Waals surface area contributed by atoms with Gasteiger partial charge in [0.2, 0.25) is 0 Å². The number of aromatic carboxylic acids is 1. The number of nitrogens with one attached hydrogen (secondary N) is 1.